The zero-order chi connectivity index (χ0) is 20.1. The van der Waals surface area contributed by atoms with E-state index in [1.807, 2.05) is 6.92 Å². The number of ether oxygens (including phenoxy) is 1. The number of halogens is 1. The number of hydrogen-bond acceptors (Lipinski definition) is 5. The van der Waals surface area contributed by atoms with Crippen LogP contribution in [0.2, 0.25) is 5.02 Å². The highest BCUT2D eigenvalue weighted by molar-refractivity contribution is 6.31. The quantitative estimate of drug-likeness (QED) is 0.452. The van der Waals surface area contributed by atoms with Crippen LogP contribution in [0.5, 0.6) is 0 Å². The number of fused-ring (bicyclic) bond motifs is 1. The van der Waals surface area contributed by atoms with Gasteiger partial charge in [0.25, 0.3) is 0 Å². The Bertz CT molecular complexity index is 1020. The Kier molecular flexibility index (Phi) is 6.11. The first-order chi connectivity index (χ1) is 13.5. The van der Waals surface area contributed by atoms with E-state index in [4.69, 9.17) is 20.8 Å². The minimum Gasteiger partial charge on any atom is -0.451 e. The summed E-state index contributed by atoms with van der Waals surface area (Å²) in [5.41, 5.74) is 1.48. The first kappa shape index (κ1) is 19.6. The van der Waals surface area contributed by atoms with Gasteiger partial charge in [-0.25, -0.2) is 4.79 Å². The van der Waals surface area contributed by atoms with Crippen molar-refractivity contribution in [3.8, 4) is 0 Å². The standard InChI is InChI=1S/C21H18ClNO5/c1-2-3-20(25)23-16-7-4-13(5-8-16)17(24)12-27-21(26)19-11-14-10-15(22)6-9-18(14)28-19/h4-11H,2-3,12H2,1H3,(H,23,25). The number of carbonyl (C=O) groups is 3. The second kappa shape index (κ2) is 8.71. The van der Waals surface area contributed by atoms with E-state index in [0.29, 0.717) is 33.7 Å². The Hall–Kier alpha value is -3.12. The zero-order valence-corrected chi connectivity index (χ0v) is 15.9. The van der Waals surface area contributed by atoms with Crippen LogP contribution in [-0.2, 0) is 9.53 Å². The summed E-state index contributed by atoms with van der Waals surface area (Å²) in [6.45, 7) is 1.50. The molecular weight excluding hydrogens is 382 g/mol. The third-order valence-electron chi connectivity index (χ3n) is 3.98. The number of amides is 1. The lowest BCUT2D eigenvalue weighted by atomic mass is 10.1. The summed E-state index contributed by atoms with van der Waals surface area (Å²) < 4.78 is 10.5. The fourth-order valence-corrected chi connectivity index (χ4v) is 2.77. The summed E-state index contributed by atoms with van der Waals surface area (Å²) in [6, 6.07) is 12.9. The minimum absolute atomic E-state index is 0.000879. The first-order valence-corrected chi connectivity index (χ1v) is 9.13. The molecule has 2 aromatic carbocycles. The van der Waals surface area contributed by atoms with Crippen molar-refractivity contribution in [3.63, 3.8) is 0 Å². The van der Waals surface area contributed by atoms with Crippen molar-refractivity contribution in [2.75, 3.05) is 11.9 Å². The van der Waals surface area contributed by atoms with Crippen LogP contribution in [0, 0.1) is 0 Å². The number of furan rings is 1. The number of anilines is 1. The van der Waals surface area contributed by atoms with Gasteiger partial charge in [-0.05, 0) is 55.0 Å². The summed E-state index contributed by atoms with van der Waals surface area (Å²) >= 11 is 5.91. The van der Waals surface area contributed by atoms with E-state index in [1.165, 1.54) is 6.07 Å². The number of Topliss-reactive ketones (excluding diaryl/α,β-unsaturated/α-hetero) is 1. The summed E-state index contributed by atoms with van der Waals surface area (Å²) in [7, 11) is 0. The molecule has 0 spiro atoms. The topological polar surface area (TPSA) is 85.6 Å². The molecule has 0 atom stereocenters. The van der Waals surface area contributed by atoms with Crippen LogP contribution >= 0.6 is 11.6 Å². The fraction of sp³-hybridized carbons (Fsp3) is 0.190. The average Bonchev–Trinajstić information content (AvgIpc) is 3.10. The van der Waals surface area contributed by atoms with E-state index in [0.717, 1.165) is 6.42 Å². The number of ketones is 1. The Morgan fingerprint density at radius 2 is 1.82 bits per heavy atom. The summed E-state index contributed by atoms with van der Waals surface area (Å²) in [5, 5.41) is 3.94. The van der Waals surface area contributed by atoms with Gasteiger partial charge in [-0.15, -0.1) is 0 Å². The molecule has 0 saturated heterocycles. The minimum atomic E-state index is -0.732. The molecule has 1 amide bonds. The van der Waals surface area contributed by atoms with Gasteiger partial charge in [0.2, 0.25) is 11.7 Å². The molecule has 1 aromatic heterocycles. The van der Waals surface area contributed by atoms with Crippen molar-refractivity contribution in [1.29, 1.82) is 0 Å². The van der Waals surface area contributed by atoms with Crippen LogP contribution in [-0.4, -0.2) is 24.3 Å². The molecule has 144 valence electrons. The molecule has 0 aliphatic heterocycles. The number of carbonyl (C=O) groups excluding carboxylic acids is 3. The summed E-state index contributed by atoms with van der Waals surface area (Å²) in [6.07, 6.45) is 1.19. The third kappa shape index (κ3) is 4.78. The molecule has 7 heteroatoms. The van der Waals surface area contributed by atoms with Gasteiger partial charge in [-0.1, -0.05) is 18.5 Å². The van der Waals surface area contributed by atoms with Crippen molar-refractivity contribution < 1.29 is 23.5 Å². The monoisotopic (exact) mass is 399 g/mol. The molecule has 1 heterocycles. The van der Waals surface area contributed by atoms with E-state index in [-0.39, 0.29) is 17.5 Å². The second-order valence-electron chi connectivity index (χ2n) is 6.17. The molecule has 3 aromatic rings. The van der Waals surface area contributed by atoms with E-state index >= 15 is 0 Å². The lowest BCUT2D eigenvalue weighted by molar-refractivity contribution is -0.116. The van der Waals surface area contributed by atoms with E-state index < -0.39 is 12.6 Å². The van der Waals surface area contributed by atoms with Crippen LogP contribution in [0.4, 0.5) is 5.69 Å². The number of esters is 1. The molecule has 0 unspecified atom stereocenters. The normalized spacial score (nSPS) is 10.6. The molecule has 0 aliphatic carbocycles. The SMILES string of the molecule is CCCC(=O)Nc1ccc(C(=O)COC(=O)c2cc3cc(Cl)ccc3o2)cc1. The van der Waals surface area contributed by atoms with Gasteiger partial charge < -0.3 is 14.5 Å². The van der Waals surface area contributed by atoms with Crippen LogP contribution in [0.1, 0.15) is 40.7 Å². The highest BCUT2D eigenvalue weighted by Gasteiger charge is 2.16. The maximum Gasteiger partial charge on any atom is 0.374 e. The maximum absolute atomic E-state index is 12.2. The molecule has 1 N–H and O–H groups in total. The molecule has 6 nitrogen and oxygen atoms in total. The smallest absolute Gasteiger partial charge is 0.374 e. The first-order valence-electron chi connectivity index (χ1n) is 8.75. The molecule has 28 heavy (non-hydrogen) atoms. The van der Waals surface area contributed by atoms with Crippen LogP contribution < -0.4 is 5.32 Å². The molecule has 0 fully saturated rings. The number of rotatable bonds is 7. The van der Waals surface area contributed by atoms with Crippen molar-refractivity contribution in [2.45, 2.75) is 19.8 Å². The Labute approximate surface area is 166 Å². The number of benzene rings is 2. The van der Waals surface area contributed by atoms with Gasteiger partial charge in [-0.3, -0.25) is 9.59 Å². The van der Waals surface area contributed by atoms with E-state index in [2.05, 4.69) is 5.32 Å². The highest BCUT2D eigenvalue weighted by Crippen LogP contribution is 2.23. The third-order valence-corrected chi connectivity index (χ3v) is 4.22. The van der Waals surface area contributed by atoms with Gasteiger partial charge in [-0.2, -0.15) is 0 Å². The molecule has 0 aliphatic rings. The Morgan fingerprint density at radius 1 is 1.07 bits per heavy atom. The molecule has 3 rings (SSSR count). The zero-order valence-electron chi connectivity index (χ0n) is 15.2. The van der Waals surface area contributed by atoms with Crippen molar-refractivity contribution in [2.24, 2.45) is 0 Å². The van der Waals surface area contributed by atoms with Crippen LogP contribution in [0.3, 0.4) is 0 Å². The summed E-state index contributed by atoms with van der Waals surface area (Å²) in [4.78, 5) is 35.9. The number of nitrogens with one attached hydrogen (secondary N) is 1. The van der Waals surface area contributed by atoms with Gasteiger partial charge in [0.1, 0.15) is 5.58 Å². The van der Waals surface area contributed by atoms with Crippen molar-refractivity contribution in [1.82, 2.24) is 0 Å². The average molecular weight is 400 g/mol. The van der Waals surface area contributed by atoms with Gasteiger partial charge in [0.15, 0.2) is 12.4 Å². The molecule has 0 bridgehead atoms. The van der Waals surface area contributed by atoms with Crippen LogP contribution in [0.25, 0.3) is 11.0 Å². The number of hydrogen-bond donors (Lipinski definition) is 1. The lowest BCUT2D eigenvalue weighted by Crippen LogP contribution is -2.14. The molecule has 0 saturated carbocycles. The molecule has 0 radical (unpaired) electrons. The van der Waals surface area contributed by atoms with Gasteiger partial charge >= 0.3 is 5.97 Å². The molecular formula is C21H18ClNO5. The predicted molar refractivity (Wildman–Crippen MR) is 106 cm³/mol. The van der Waals surface area contributed by atoms with Crippen LogP contribution in [0.15, 0.2) is 52.9 Å². The highest BCUT2D eigenvalue weighted by atomic mass is 35.5. The summed E-state index contributed by atoms with van der Waals surface area (Å²) in [5.74, 6) is -1.18. The Balaban J connectivity index is 1.58. The largest absolute Gasteiger partial charge is 0.451 e. The second-order valence-corrected chi connectivity index (χ2v) is 6.60. The van der Waals surface area contributed by atoms with Crippen molar-refractivity contribution >= 4 is 45.9 Å². The van der Waals surface area contributed by atoms with Gasteiger partial charge in [0.05, 0.1) is 0 Å². The fourth-order valence-electron chi connectivity index (χ4n) is 2.59. The van der Waals surface area contributed by atoms with E-state index in [9.17, 15) is 14.4 Å². The predicted octanol–water partition coefficient (Wildman–Crippen LogP) is 4.86. The Morgan fingerprint density at radius 3 is 2.54 bits per heavy atom. The van der Waals surface area contributed by atoms with Crippen molar-refractivity contribution in [3.05, 3.63) is 64.9 Å². The van der Waals surface area contributed by atoms with E-state index in [1.54, 1.807) is 42.5 Å². The van der Waals surface area contributed by atoms with Gasteiger partial charge in [0, 0.05) is 28.1 Å². The lowest BCUT2D eigenvalue weighted by Gasteiger charge is -2.06. The maximum atomic E-state index is 12.2.